The van der Waals surface area contributed by atoms with Crippen molar-refractivity contribution >= 4 is 11.6 Å². The van der Waals surface area contributed by atoms with E-state index in [-0.39, 0.29) is 18.4 Å². The number of fused-ring (bicyclic) bond motifs is 1. The molecule has 7 nitrogen and oxygen atoms in total. The van der Waals surface area contributed by atoms with Crippen LogP contribution in [0.25, 0.3) is 0 Å². The van der Waals surface area contributed by atoms with E-state index in [1.165, 1.54) is 5.56 Å². The second kappa shape index (κ2) is 7.07. The highest BCUT2D eigenvalue weighted by molar-refractivity contribution is 6.00. The summed E-state index contributed by atoms with van der Waals surface area (Å²) in [6.07, 6.45) is 4.05. The molecule has 1 aromatic heterocycles. The third-order valence-electron chi connectivity index (χ3n) is 5.52. The molecule has 26 heavy (non-hydrogen) atoms. The lowest BCUT2D eigenvalue weighted by atomic mass is 9.95. The van der Waals surface area contributed by atoms with Crippen LogP contribution in [0.5, 0.6) is 0 Å². The molecular formula is C19H25N5O2. The number of hydrogen-bond donors (Lipinski definition) is 2. The van der Waals surface area contributed by atoms with Crippen molar-refractivity contribution in [1.82, 2.24) is 19.7 Å². The number of aromatic nitrogens is 3. The summed E-state index contributed by atoms with van der Waals surface area (Å²) < 4.78 is 1.85. The lowest BCUT2D eigenvalue weighted by Gasteiger charge is -2.33. The Morgan fingerprint density at radius 3 is 3.04 bits per heavy atom. The molecule has 0 saturated carbocycles. The van der Waals surface area contributed by atoms with Crippen molar-refractivity contribution < 1.29 is 9.90 Å². The number of likely N-dealkylation sites (tertiary alicyclic amines) is 1. The van der Waals surface area contributed by atoms with E-state index in [4.69, 9.17) is 0 Å². The van der Waals surface area contributed by atoms with Gasteiger partial charge >= 0.3 is 0 Å². The van der Waals surface area contributed by atoms with Gasteiger partial charge in [-0.1, -0.05) is 12.1 Å². The van der Waals surface area contributed by atoms with E-state index in [2.05, 4.69) is 21.6 Å². The Kier molecular flexibility index (Phi) is 4.63. The average Bonchev–Trinajstić information content (AvgIpc) is 3.07. The number of carbonyl (C=O) groups is 1. The van der Waals surface area contributed by atoms with Gasteiger partial charge in [-0.05, 0) is 37.3 Å². The van der Waals surface area contributed by atoms with Crippen LogP contribution in [-0.4, -0.2) is 50.3 Å². The number of carbonyl (C=O) groups excluding carboxylic acids is 1. The Balaban J connectivity index is 1.56. The van der Waals surface area contributed by atoms with E-state index in [1.54, 1.807) is 0 Å². The van der Waals surface area contributed by atoms with E-state index in [1.807, 2.05) is 28.6 Å². The molecular weight excluding hydrogens is 330 g/mol. The minimum absolute atomic E-state index is 0.0884. The summed E-state index contributed by atoms with van der Waals surface area (Å²) >= 11 is 0. The highest BCUT2D eigenvalue weighted by atomic mass is 16.3. The Morgan fingerprint density at radius 2 is 2.23 bits per heavy atom. The molecule has 3 heterocycles. The first-order valence-corrected chi connectivity index (χ1v) is 9.33. The second-order valence-corrected chi connectivity index (χ2v) is 7.15. The van der Waals surface area contributed by atoms with Crippen LogP contribution in [0.4, 0.5) is 5.69 Å². The van der Waals surface area contributed by atoms with Gasteiger partial charge in [0, 0.05) is 32.6 Å². The molecule has 2 aliphatic heterocycles. The molecule has 1 amide bonds. The van der Waals surface area contributed by atoms with Crippen molar-refractivity contribution in [2.24, 2.45) is 7.05 Å². The lowest BCUT2D eigenvalue weighted by molar-refractivity contribution is 0.0704. The summed E-state index contributed by atoms with van der Waals surface area (Å²) in [7, 11) is 1.87. The normalized spacial score (nSPS) is 19.8. The van der Waals surface area contributed by atoms with Crippen LogP contribution < -0.4 is 5.32 Å². The predicted molar refractivity (Wildman–Crippen MR) is 98.1 cm³/mol. The van der Waals surface area contributed by atoms with Crippen LogP contribution in [0.3, 0.4) is 0 Å². The van der Waals surface area contributed by atoms with Crippen molar-refractivity contribution in [3.8, 4) is 0 Å². The monoisotopic (exact) mass is 355 g/mol. The number of piperidine rings is 1. The number of aryl methyl sites for hydroxylation is 1. The van der Waals surface area contributed by atoms with Gasteiger partial charge in [-0.15, -0.1) is 10.2 Å². The van der Waals surface area contributed by atoms with Crippen molar-refractivity contribution in [2.75, 3.05) is 25.0 Å². The van der Waals surface area contributed by atoms with Gasteiger partial charge in [0.05, 0.1) is 11.3 Å². The van der Waals surface area contributed by atoms with Gasteiger partial charge < -0.3 is 19.9 Å². The Hall–Kier alpha value is -2.41. The number of hydrogen-bond acceptors (Lipinski definition) is 5. The number of nitrogens with zero attached hydrogens (tertiary/aromatic N) is 4. The summed E-state index contributed by atoms with van der Waals surface area (Å²) in [5.74, 6) is 1.65. The number of anilines is 1. The highest BCUT2D eigenvalue weighted by Gasteiger charge is 2.30. The molecule has 1 fully saturated rings. The predicted octanol–water partition coefficient (Wildman–Crippen LogP) is 1.69. The Bertz CT molecular complexity index is 816. The fourth-order valence-electron chi connectivity index (χ4n) is 4.10. The SMILES string of the molecule is Cn1c(CO)nnc1[C@@H]1CCCN(C(=O)c2cccc3c2NCCC3)C1. The van der Waals surface area contributed by atoms with E-state index in [0.29, 0.717) is 12.4 Å². The maximum absolute atomic E-state index is 13.2. The van der Waals surface area contributed by atoms with Gasteiger partial charge in [0.2, 0.25) is 0 Å². The number of rotatable bonds is 3. The molecule has 1 atom stereocenters. The molecule has 0 aliphatic carbocycles. The van der Waals surface area contributed by atoms with Gasteiger partial charge in [-0.25, -0.2) is 0 Å². The first kappa shape index (κ1) is 17.0. The number of aliphatic hydroxyl groups is 1. The van der Waals surface area contributed by atoms with E-state index < -0.39 is 0 Å². The smallest absolute Gasteiger partial charge is 0.255 e. The van der Waals surface area contributed by atoms with Crippen LogP contribution in [-0.2, 0) is 20.1 Å². The van der Waals surface area contributed by atoms with E-state index in [0.717, 1.165) is 55.8 Å². The first-order valence-electron chi connectivity index (χ1n) is 9.33. The van der Waals surface area contributed by atoms with Crippen LogP contribution in [0.1, 0.15) is 52.8 Å². The number of benzene rings is 1. The molecule has 0 unspecified atom stereocenters. The molecule has 2 aliphatic rings. The third kappa shape index (κ3) is 2.96. The second-order valence-electron chi connectivity index (χ2n) is 7.15. The molecule has 0 spiro atoms. The molecule has 7 heteroatoms. The Labute approximate surface area is 153 Å². The maximum atomic E-state index is 13.2. The molecule has 2 N–H and O–H groups in total. The van der Waals surface area contributed by atoms with Crippen LogP contribution in [0.15, 0.2) is 18.2 Å². The van der Waals surface area contributed by atoms with Gasteiger partial charge in [-0.2, -0.15) is 0 Å². The standard InChI is InChI=1S/C19H25N5O2/c1-23-16(12-25)21-22-18(23)14-7-4-10-24(11-14)19(26)15-8-2-5-13-6-3-9-20-17(13)15/h2,5,8,14,20,25H,3-4,6-7,9-12H2,1H3/t14-/m1/s1. The highest BCUT2D eigenvalue weighted by Crippen LogP contribution is 2.30. The van der Waals surface area contributed by atoms with Crippen molar-refractivity contribution in [1.29, 1.82) is 0 Å². The molecule has 1 aromatic carbocycles. The van der Waals surface area contributed by atoms with Gasteiger partial charge in [0.15, 0.2) is 5.82 Å². The van der Waals surface area contributed by atoms with Crippen LogP contribution >= 0.6 is 0 Å². The third-order valence-corrected chi connectivity index (χ3v) is 5.52. The lowest BCUT2D eigenvalue weighted by Crippen LogP contribution is -2.40. The minimum atomic E-state index is -0.124. The average molecular weight is 355 g/mol. The quantitative estimate of drug-likeness (QED) is 0.875. The van der Waals surface area contributed by atoms with Crippen molar-refractivity contribution in [3.05, 3.63) is 41.0 Å². The van der Waals surface area contributed by atoms with Crippen LogP contribution in [0, 0.1) is 0 Å². The molecule has 1 saturated heterocycles. The van der Waals surface area contributed by atoms with Crippen molar-refractivity contribution in [2.45, 2.75) is 38.2 Å². The summed E-state index contributed by atoms with van der Waals surface area (Å²) in [6.45, 7) is 2.20. The first-order chi connectivity index (χ1) is 12.7. The van der Waals surface area contributed by atoms with Crippen molar-refractivity contribution in [3.63, 3.8) is 0 Å². The van der Waals surface area contributed by atoms with Gasteiger partial charge in [0.1, 0.15) is 12.4 Å². The maximum Gasteiger partial charge on any atom is 0.255 e. The summed E-state index contributed by atoms with van der Waals surface area (Å²) in [5, 5.41) is 21.0. The topological polar surface area (TPSA) is 83.3 Å². The number of nitrogens with one attached hydrogen (secondary N) is 1. The summed E-state index contributed by atoms with van der Waals surface area (Å²) in [6, 6.07) is 6.01. The molecule has 4 rings (SSSR count). The van der Waals surface area contributed by atoms with Crippen LogP contribution in [0.2, 0.25) is 0 Å². The fourth-order valence-corrected chi connectivity index (χ4v) is 4.10. The zero-order valence-corrected chi connectivity index (χ0v) is 15.1. The number of aliphatic hydroxyl groups excluding tert-OH is 1. The summed E-state index contributed by atoms with van der Waals surface area (Å²) in [4.78, 5) is 15.1. The summed E-state index contributed by atoms with van der Waals surface area (Å²) in [5.41, 5.74) is 3.01. The van der Waals surface area contributed by atoms with E-state index in [9.17, 15) is 9.90 Å². The fraction of sp³-hybridized carbons (Fsp3) is 0.526. The molecule has 2 aromatic rings. The zero-order chi connectivity index (χ0) is 18.1. The molecule has 0 radical (unpaired) electrons. The zero-order valence-electron chi connectivity index (χ0n) is 15.1. The number of para-hydroxylation sites is 1. The largest absolute Gasteiger partial charge is 0.388 e. The number of amides is 1. The van der Waals surface area contributed by atoms with Gasteiger partial charge in [0.25, 0.3) is 5.91 Å². The molecule has 138 valence electrons. The van der Waals surface area contributed by atoms with Gasteiger partial charge in [-0.3, -0.25) is 4.79 Å². The van der Waals surface area contributed by atoms with E-state index >= 15 is 0 Å². The minimum Gasteiger partial charge on any atom is -0.388 e. The molecule has 0 bridgehead atoms. The Morgan fingerprint density at radius 1 is 1.35 bits per heavy atom.